The van der Waals surface area contributed by atoms with Crippen molar-refractivity contribution in [3.8, 4) is 0 Å². The molecular weight excluding hydrogens is 282 g/mol. The molecule has 2 aromatic rings. The van der Waals surface area contributed by atoms with Gasteiger partial charge in [-0.15, -0.1) is 11.3 Å². The number of likely N-dealkylation sites (N-methyl/N-ethyl adjacent to an activating group) is 1. The fraction of sp³-hybridized carbons (Fsp3) is 0.375. The molecule has 2 N–H and O–H groups in total. The van der Waals surface area contributed by atoms with Crippen LogP contribution in [0.5, 0.6) is 0 Å². The normalized spacial score (nSPS) is 15.7. The first-order valence-electron chi connectivity index (χ1n) is 7.04. The number of benzene rings is 1. The smallest absolute Gasteiger partial charge is 0.233 e. The number of hydrogen-bond donors (Lipinski definition) is 1. The van der Waals surface area contributed by atoms with E-state index in [9.17, 15) is 4.79 Å². The Labute approximate surface area is 128 Å². The minimum Gasteiger partial charge on any atom is -0.399 e. The van der Waals surface area contributed by atoms with E-state index in [1.807, 2.05) is 49.3 Å². The number of nitrogens with two attached hydrogens (primary N) is 1. The highest BCUT2D eigenvalue weighted by Gasteiger charge is 2.52. The Bertz CT molecular complexity index is 658. The van der Waals surface area contributed by atoms with Crippen LogP contribution in [0.4, 0.5) is 5.69 Å². The maximum atomic E-state index is 12.8. The Kier molecular flexibility index (Phi) is 3.45. The third-order valence-corrected chi connectivity index (χ3v) is 4.93. The zero-order valence-corrected chi connectivity index (χ0v) is 13.1. The molecule has 0 saturated heterocycles. The summed E-state index contributed by atoms with van der Waals surface area (Å²) in [6.45, 7) is 2.60. The highest BCUT2D eigenvalue weighted by atomic mass is 32.1. The van der Waals surface area contributed by atoms with Crippen molar-refractivity contribution in [2.75, 3.05) is 12.8 Å². The lowest BCUT2D eigenvalue weighted by Crippen LogP contribution is -2.35. The van der Waals surface area contributed by atoms with Gasteiger partial charge in [-0.25, -0.2) is 4.98 Å². The number of amides is 1. The zero-order valence-electron chi connectivity index (χ0n) is 12.3. The molecule has 1 heterocycles. The van der Waals surface area contributed by atoms with Gasteiger partial charge in [0.15, 0.2) is 0 Å². The Morgan fingerprint density at radius 3 is 2.57 bits per heavy atom. The highest BCUT2D eigenvalue weighted by molar-refractivity contribution is 7.11. The molecule has 110 valence electrons. The molecule has 1 fully saturated rings. The predicted octanol–water partition coefficient (Wildman–Crippen LogP) is 2.72. The number of carbonyl (C=O) groups excluding carboxylic acids is 1. The van der Waals surface area contributed by atoms with Crippen LogP contribution in [0.25, 0.3) is 0 Å². The first-order valence-corrected chi connectivity index (χ1v) is 7.86. The van der Waals surface area contributed by atoms with Crippen molar-refractivity contribution in [3.63, 3.8) is 0 Å². The van der Waals surface area contributed by atoms with Crippen LogP contribution in [0.15, 0.2) is 30.5 Å². The van der Waals surface area contributed by atoms with Gasteiger partial charge in [-0.05, 0) is 37.5 Å². The standard InChI is InChI=1S/C16H19N3OS/c1-11-18-9-14(21-11)10-19(2)15(20)16(7-8-16)12-3-5-13(17)6-4-12/h3-6,9H,7-8,10,17H2,1-2H3. The van der Waals surface area contributed by atoms with E-state index < -0.39 is 0 Å². The number of hydrogen-bond acceptors (Lipinski definition) is 4. The minimum absolute atomic E-state index is 0.193. The van der Waals surface area contributed by atoms with Crippen LogP contribution in [0.1, 0.15) is 28.3 Å². The molecule has 3 rings (SSSR count). The fourth-order valence-electron chi connectivity index (χ4n) is 2.70. The Morgan fingerprint density at radius 2 is 2.05 bits per heavy atom. The maximum Gasteiger partial charge on any atom is 0.233 e. The van der Waals surface area contributed by atoms with Gasteiger partial charge in [0, 0.05) is 23.8 Å². The van der Waals surface area contributed by atoms with E-state index in [2.05, 4.69) is 4.98 Å². The van der Waals surface area contributed by atoms with Crippen LogP contribution >= 0.6 is 11.3 Å². The Balaban J connectivity index is 1.76. The zero-order chi connectivity index (χ0) is 15.0. The summed E-state index contributed by atoms with van der Waals surface area (Å²) in [4.78, 5) is 20.0. The predicted molar refractivity (Wildman–Crippen MR) is 85.1 cm³/mol. The van der Waals surface area contributed by atoms with Crippen molar-refractivity contribution in [2.24, 2.45) is 0 Å². The van der Waals surface area contributed by atoms with E-state index in [1.54, 1.807) is 11.3 Å². The van der Waals surface area contributed by atoms with E-state index >= 15 is 0 Å². The number of rotatable bonds is 4. The lowest BCUT2D eigenvalue weighted by Gasteiger charge is -2.23. The second kappa shape index (κ2) is 5.15. The molecule has 1 aliphatic carbocycles. The van der Waals surface area contributed by atoms with E-state index in [-0.39, 0.29) is 11.3 Å². The highest BCUT2D eigenvalue weighted by Crippen LogP contribution is 2.49. The summed E-state index contributed by atoms with van der Waals surface area (Å²) < 4.78 is 0. The number of thiazole rings is 1. The van der Waals surface area contributed by atoms with Gasteiger partial charge in [-0.3, -0.25) is 4.79 Å². The van der Waals surface area contributed by atoms with Gasteiger partial charge in [0.05, 0.1) is 17.0 Å². The number of carbonyl (C=O) groups is 1. The van der Waals surface area contributed by atoms with Gasteiger partial charge in [0.2, 0.25) is 5.91 Å². The molecule has 21 heavy (non-hydrogen) atoms. The molecule has 1 aromatic heterocycles. The van der Waals surface area contributed by atoms with E-state index in [0.717, 1.165) is 34.0 Å². The van der Waals surface area contributed by atoms with Crippen molar-refractivity contribution >= 4 is 22.9 Å². The van der Waals surface area contributed by atoms with E-state index in [4.69, 9.17) is 5.73 Å². The molecule has 1 aliphatic rings. The summed E-state index contributed by atoms with van der Waals surface area (Å²) in [6.07, 6.45) is 3.69. The number of nitrogens with zero attached hydrogens (tertiary/aromatic N) is 2. The van der Waals surface area contributed by atoms with Gasteiger partial charge >= 0.3 is 0 Å². The van der Waals surface area contributed by atoms with Gasteiger partial charge in [-0.1, -0.05) is 12.1 Å². The molecule has 1 aromatic carbocycles. The largest absolute Gasteiger partial charge is 0.399 e. The van der Waals surface area contributed by atoms with Crippen molar-refractivity contribution < 1.29 is 4.79 Å². The molecule has 0 unspecified atom stereocenters. The molecule has 5 heteroatoms. The fourth-order valence-corrected chi connectivity index (χ4v) is 3.55. The van der Waals surface area contributed by atoms with Crippen molar-refractivity contribution in [2.45, 2.75) is 31.7 Å². The maximum absolute atomic E-state index is 12.8. The van der Waals surface area contributed by atoms with Gasteiger partial charge in [-0.2, -0.15) is 0 Å². The van der Waals surface area contributed by atoms with Gasteiger partial charge < -0.3 is 10.6 Å². The van der Waals surface area contributed by atoms with Crippen LogP contribution in [0.2, 0.25) is 0 Å². The number of nitrogen functional groups attached to an aromatic ring is 1. The van der Waals surface area contributed by atoms with Crippen molar-refractivity contribution in [1.29, 1.82) is 0 Å². The summed E-state index contributed by atoms with van der Waals surface area (Å²) in [5, 5.41) is 1.03. The number of anilines is 1. The Hall–Kier alpha value is -1.88. The van der Waals surface area contributed by atoms with Gasteiger partial charge in [0.25, 0.3) is 0 Å². The topological polar surface area (TPSA) is 59.2 Å². The van der Waals surface area contributed by atoms with E-state index in [0.29, 0.717) is 6.54 Å². The first kappa shape index (κ1) is 14.1. The SMILES string of the molecule is Cc1ncc(CN(C)C(=O)C2(c3ccc(N)cc3)CC2)s1. The van der Waals surface area contributed by atoms with Crippen LogP contribution < -0.4 is 5.73 Å². The summed E-state index contributed by atoms with van der Waals surface area (Å²) >= 11 is 1.64. The van der Waals surface area contributed by atoms with Gasteiger partial charge in [0.1, 0.15) is 0 Å². The van der Waals surface area contributed by atoms with Crippen LogP contribution in [0.3, 0.4) is 0 Å². The molecule has 0 bridgehead atoms. The molecule has 1 saturated carbocycles. The van der Waals surface area contributed by atoms with Crippen LogP contribution in [0, 0.1) is 6.92 Å². The summed E-state index contributed by atoms with van der Waals surface area (Å²) in [5.74, 6) is 0.193. The second-order valence-corrected chi connectivity index (χ2v) is 7.03. The summed E-state index contributed by atoms with van der Waals surface area (Å²) in [6, 6.07) is 7.69. The molecular formula is C16H19N3OS. The quantitative estimate of drug-likeness (QED) is 0.883. The van der Waals surface area contributed by atoms with Crippen LogP contribution in [-0.2, 0) is 16.8 Å². The lowest BCUT2D eigenvalue weighted by atomic mass is 9.94. The van der Waals surface area contributed by atoms with Crippen LogP contribution in [-0.4, -0.2) is 22.8 Å². The summed E-state index contributed by atoms with van der Waals surface area (Å²) in [5.41, 5.74) is 7.21. The third-order valence-electron chi connectivity index (χ3n) is 4.03. The molecule has 4 nitrogen and oxygen atoms in total. The van der Waals surface area contributed by atoms with Crippen molar-refractivity contribution in [3.05, 3.63) is 45.9 Å². The summed E-state index contributed by atoms with van der Waals surface area (Å²) in [7, 11) is 1.87. The average Bonchev–Trinajstić information content (AvgIpc) is 3.17. The second-order valence-electron chi connectivity index (χ2n) is 5.71. The number of aromatic nitrogens is 1. The monoisotopic (exact) mass is 301 g/mol. The Morgan fingerprint density at radius 1 is 1.38 bits per heavy atom. The average molecular weight is 301 g/mol. The van der Waals surface area contributed by atoms with Crippen molar-refractivity contribution in [1.82, 2.24) is 9.88 Å². The molecule has 0 aliphatic heterocycles. The van der Waals surface area contributed by atoms with E-state index in [1.165, 1.54) is 0 Å². The minimum atomic E-state index is -0.331. The molecule has 1 amide bonds. The molecule has 0 atom stereocenters. The molecule has 0 radical (unpaired) electrons. The lowest BCUT2D eigenvalue weighted by molar-refractivity contribution is -0.133. The number of aryl methyl sites for hydroxylation is 1. The third kappa shape index (κ3) is 2.65. The molecule has 0 spiro atoms. The first-order chi connectivity index (χ1) is 10.0.